The van der Waals surface area contributed by atoms with Crippen LogP contribution in [-0.2, 0) is 21.1 Å². The van der Waals surface area contributed by atoms with Crippen molar-refractivity contribution in [3.05, 3.63) is 139 Å². The molecule has 7 heteroatoms. The summed E-state index contributed by atoms with van der Waals surface area (Å²) in [5.41, 5.74) is 5.73. The summed E-state index contributed by atoms with van der Waals surface area (Å²) in [6.45, 7) is 36.6. The highest BCUT2D eigenvalue weighted by molar-refractivity contribution is 5.32. The van der Waals surface area contributed by atoms with Crippen molar-refractivity contribution in [3.63, 3.8) is 0 Å². The normalized spacial score (nSPS) is 10.3. The van der Waals surface area contributed by atoms with Crippen LogP contribution in [0.2, 0.25) is 0 Å². The van der Waals surface area contributed by atoms with Crippen molar-refractivity contribution < 1.29 is 0 Å². The minimum absolute atomic E-state index is 0. The van der Waals surface area contributed by atoms with Crippen molar-refractivity contribution in [3.8, 4) is 0 Å². The molecule has 0 saturated heterocycles. The fourth-order valence-corrected chi connectivity index (χ4v) is 4.14. The van der Waals surface area contributed by atoms with Crippen LogP contribution in [0.1, 0.15) is 168 Å². The summed E-state index contributed by atoms with van der Waals surface area (Å²) in [5.74, 6) is 1.76. The van der Waals surface area contributed by atoms with Crippen molar-refractivity contribution >= 4 is 0 Å². The Morgan fingerprint density at radius 2 is 1.05 bits per heavy atom. The molecule has 0 bridgehead atoms. The van der Waals surface area contributed by atoms with Gasteiger partial charge in [0.25, 0.3) is 11.1 Å². The Balaban J connectivity index is -0.000000103. The largest absolute Gasteiger partial charge is 0.351 e. The number of aryl methyl sites for hydroxylation is 2. The van der Waals surface area contributed by atoms with Gasteiger partial charge in [0.1, 0.15) is 0 Å². The molecule has 3 aromatic rings. The first kappa shape index (κ1) is 65.7. The third-order valence-electron chi connectivity index (χ3n) is 7.32. The predicted octanol–water partition coefficient (Wildman–Crippen LogP) is 13.1. The molecule has 0 spiro atoms. The molecule has 0 aliphatic carbocycles. The van der Waals surface area contributed by atoms with Gasteiger partial charge >= 0.3 is 0 Å². The zero-order valence-electron chi connectivity index (χ0n) is 37.0. The van der Waals surface area contributed by atoms with E-state index in [1.165, 1.54) is 5.57 Å². The van der Waals surface area contributed by atoms with Gasteiger partial charge in [-0.25, -0.2) is 0 Å². The molecule has 0 atom stereocenters. The molecule has 0 saturated carbocycles. The molecule has 0 amide bonds. The van der Waals surface area contributed by atoms with Crippen LogP contribution in [0.3, 0.4) is 0 Å². The van der Waals surface area contributed by atoms with Gasteiger partial charge in [-0.1, -0.05) is 158 Å². The fraction of sp³-hybridized carbons (Fsp3) is 0.562. The van der Waals surface area contributed by atoms with Gasteiger partial charge in [0.05, 0.1) is 0 Å². The minimum atomic E-state index is 0. The molecule has 1 aliphatic heterocycles. The molecule has 4 heterocycles. The van der Waals surface area contributed by atoms with Crippen LogP contribution in [0.4, 0.5) is 0 Å². The first-order valence-corrected chi connectivity index (χ1v) is 19.3. The van der Waals surface area contributed by atoms with Crippen molar-refractivity contribution in [2.24, 2.45) is 27.1 Å². The third-order valence-corrected chi connectivity index (χ3v) is 7.32. The van der Waals surface area contributed by atoms with Crippen molar-refractivity contribution in [2.75, 3.05) is 7.05 Å². The Kier molecular flexibility index (Phi) is 45.6. The predicted molar refractivity (Wildman–Crippen MR) is 252 cm³/mol. The lowest BCUT2D eigenvalue weighted by molar-refractivity contribution is 0.567. The highest BCUT2D eigenvalue weighted by Gasteiger charge is 2.07. The quantitative estimate of drug-likeness (QED) is 0.265. The molecular weight excluding hydrogens is 681 g/mol. The molecule has 0 unspecified atom stereocenters. The van der Waals surface area contributed by atoms with Crippen LogP contribution in [0.25, 0.3) is 0 Å². The summed E-state index contributed by atoms with van der Waals surface area (Å²) in [6, 6.07) is 12.8. The monoisotopic (exact) mass is 771 g/mol. The number of hydrogen-bond acceptors (Lipinski definition) is 4. The van der Waals surface area contributed by atoms with Crippen LogP contribution >= 0.6 is 0 Å². The molecule has 7 nitrogen and oxygen atoms in total. The molecule has 3 aromatic heterocycles. The molecular formula is C48H90N4O3. The van der Waals surface area contributed by atoms with E-state index in [4.69, 9.17) is 0 Å². The second-order valence-corrected chi connectivity index (χ2v) is 12.3. The zero-order chi connectivity index (χ0) is 41.7. The van der Waals surface area contributed by atoms with Gasteiger partial charge in [-0.05, 0) is 59.1 Å². The summed E-state index contributed by atoms with van der Waals surface area (Å²) in [6.07, 6.45) is 9.89. The van der Waals surface area contributed by atoms with E-state index in [1.807, 2.05) is 101 Å². The van der Waals surface area contributed by atoms with Crippen LogP contribution in [0, 0.1) is 5.92 Å². The van der Waals surface area contributed by atoms with Crippen LogP contribution < -0.4 is 16.7 Å². The summed E-state index contributed by atoms with van der Waals surface area (Å²) in [7, 11) is 7.35. The standard InChI is InChI=1S/C10H15N.3C9H13NO.4C2H6.3CH4/c1-8(2)10-6-5-9(3)11(4)7-10;1-7(2)8-4-5-10(3)9(11)6-8;1-7(2)8-5-4-6-10(3)9(8)11;1-7(2)8-5-4-6-9(11)10(8)3;4*1-2;;;/h5-8H,3H2,1-2,4H3;3*4-7H,1-3H3;4*1-2H3;3*1H4. The van der Waals surface area contributed by atoms with Gasteiger partial charge in [-0.2, -0.15) is 0 Å². The van der Waals surface area contributed by atoms with E-state index >= 15 is 0 Å². The lowest BCUT2D eigenvalue weighted by atomic mass is 10.0. The number of likely N-dealkylation sites (N-methyl/N-ethyl adjacent to an activating group) is 1. The highest BCUT2D eigenvalue weighted by atomic mass is 16.1. The smallest absolute Gasteiger partial charge is 0.253 e. The average Bonchev–Trinajstić information content (AvgIpc) is 3.13. The number of hydrogen-bond donors (Lipinski definition) is 0. The van der Waals surface area contributed by atoms with Crippen molar-refractivity contribution in [1.82, 2.24) is 18.6 Å². The van der Waals surface area contributed by atoms with E-state index in [-0.39, 0.29) is 39.0 Å². The number of aromatic nitrogens is 3. The van der Waals surface area contributed by atoms with Crippen LogP contribution in [0.5, 0.6) is 0 Å². The first-order chi connectivity index (χ1) is 24.5. The van der Waals surface area contributed by atoms with Gasteiger partial charge in [0.2, 0.25) is 5.56 Å². The topological polar surface area (TPSA) is 69.2 Å². The Morgan fingerprint density at radius 3 is 1.42 bits per heavy atom. The number of rotatable bonds is 4. The maximum absolute atomic E-state index is 11.4. The Morgan fingerprint density at radius 1 is 0.545 bits per heavy atom. The summed E-state index contributed by atoms with van der Waals surface area (Å²) < 4.78 is 4.87. The lowest BCUT2D eigenvalue weighted by Gasteiger charge is -2.21. The maximum Gasteiger partial charge on any atom is 0.253 e. The number of pyridine rings is 3. The Hall–Kier alpha value is -4.13. The van der Waals surface area contributed by atoms with E-state index in [2.05, 4.69) is 71.4 Å². The van der Waals surface area contributed by atoms with Crippen LogP contribution in [-0.4, -0.2) is 25.6 Å². The van der Waals surface area contributed by atoms with Gasteiger partial charge in [-0.15, -0.1) is 0 Å². The second kappa shape index (κ2) is 38.2. The average molecular weight is 771 g/mol. The zero-order valence-corrected chi connectivity index (χ0v) is 37.0. The molecule has 55 heavy (non-hydrogen) atoms. The number of allylic oxidation sites excluding steroid dienone is 3. The Bertz CT molecular complexity index is 1600. The third kappa shape index (κ3) is 26.3. The molecule has 1 aliphatic rings. The lowest BCUT2D eigenvalue weighted by Crippen LogP contribution is -2.20. The summed E-state index contributed by atoms with van der Waals surface area (Å²) >= 11 is 0. The van der Waals surface area contributed by atoms with Crippen molar-refractivity contribution in [1.29, 1.82) is 0 Å². The van der Waals surface area contributed by atoms with Crippen molar-refractivity contribution in [2.45, 2.75) is 151 Å². The van der Waals surface area contributed by atoms with E-state index in [9.17, 15) is 14.4 Å². The SMILES string of the molecule is C.C.C.C=C1C=CC(C(C)C)=CN1C.CC.CC.CC.CC.CC(C)c1cccc(=O)n1C.CC(C)c1cccn(C)c1=O.CC(C)c1ccn(C)c(=O)c1. The van der Waals surface area contributed by atoms with Gasteiger partial charge in [0.15, 0.2) is 0 Å². The van der Waals surface area contributed by atoms with E-state index < -0.39 is 0 Å². The van der Waals surface area contributed by atoms with Gasteiger partial charge in [0, 0.05) is 75.9 Å². The highest BCUT2D eigenvalue weighted by Crippen LogP contribution is 2.19. The van der Waals surface area contributed by atoms with Crippen LogP contribution in [0.15, 0.2) is 105 Å². The van der Waals surface area contributed by atoms with E-state index in [1.54, 1.807) is 65.4 Å². The summed E-state index contributed by atoms with van der Waals surface area (Å²) in [5, 5.41) is 0. The maximum atomic E-state index is 11.4. The first-order valence-electron chi connectivity index (χ1n) is 19.3. The summed E-state index contributed by atoms with van der Waals surface area (Å²) in [4.78, 5) is 35.6. The van der Waals surface area contributed by atoms with E-state index in [0.717, 1.165) is 22.5 Å². The molecule has 0 N–H and O–H groups in total. The fourth-order valence-electron chi connectivity index (χ4n) is 4.14. The van der Waals surface area contributed by atoms with Gasteiger partial charge in [-0.3, -0.25) is 14.4 Å². The second-order valence-electron chi connectivity index (χ2n) is 12.3. The molecule has 0 radical (unpaired) electrons. The molecule has 0 fully saturated rings. The minimum Gasteiger partial charge on any atom is -0.351 e. The number of nitrogens with zero attached hydrogens (tertiary/aromatic N) is 4. The molecule has 320 valence electrons. The van der Waals surface area contributed by atoms with E-state index in [0.29, 0.717) is 23.7 Å². The molecule has 4 rings (SSSR count). The Labute approximate surface area is 341 Å². The molecule has 0 aromatic carbocycles. The van der Waals surface area contributed by atoms with Gasteiger partial charge < -0.3 is 18.6 Å².